The van der Waals surface area contributed by atoms with E-state index in [0.29, 0.717) is 20.7 Å². The van der Waals surface area contributed by atoms with Crippen LogP contribution in [0.2, 0.25) is 15.1 Å². The summed E-state index contributed by atoms with van der Waals surface area (Å²) in [6.45, 7) is 2.10. The minimum absolute atomic E-state index is 0.248. The van der Waals surface area contributed by atoms with Crippen molar-refractivity contribution >= 4 is 51.7 Å². The smallest absolute Gasteiger partial charge is 0.287 e. The van der Waals surface area contributed by atoms with Crippen molar-refractivity contribution in [2.24, 2.45) is 0 Å². The summed E-state index contributed by atoms with van der Waals surface area (Å²) in [7, 11) is 0. The number of furan rings is 1. The fourth-order valence-corrected chi connectivity index (χ4v) is 3.03. The van der Waals surface area contributed by atoms with E-state index in [0.717, 1.165) is 16.5 Å². The van der Waals surface area contributed by atoms with Crippen LogP contribution >= 0.6 is 34.8 Å². The Labute approximate surface area is 148 Å². The maximum absolute atomic E-state index is 12.4. The number of amides is 1. The van der Waals surface area contributed by atoms with Crippen molar-refractivity contribution in [1.29, 1.82) is 0 Å². The number of rotatable bonds is 3. The third-order valence-corrected chi connectivity index (χ3v) is 4.46. The topological polar surface area (TPSA) is 42.2 Å². The summed E-state index contributed by atoms with van der Waals surface area (Å²) in [5.74, 6) is -0.0704. The molecule has 1 amide bonds. The van der Waals surface area contributed by atoms with Crippen molar-refractivity contribution in [3.05, 3.63) is 68.4 Å². The second kappa shape index (κ2) is 6.44. The summed E-state index contributed by atoms with van der Waals surface area (Å²) in [6, 6.07) is 10.5. The molecule has 1 aromatic heterocycles. The van der Waals surface area contributed by atoms with Gasteiger partial charge in [-0.25, -0.2) is 0 Å². The van der Waals surface area contributed by atoms with Gasteiger partial charge in [0.25, 0.3) is 5.91 Å². The summed E-state index contributed by atoms with van der Waals surface area (Å²) in [5.41, 5.74) is 2.04. The van der Waals surface area contributed by atoms with Gasteiger partial charge in [-0.15, -0.1) is 0 Å². The van der Waals surface area contributed by atoms with Gasteiger partial charge in [-0.05, 0) is 30.7 Å². The van der Waals surface area contributed by atoms with Gasteiger partial charge in [0, 0.05) is 27.5 Å². The van der Waals surface area contributed by atoms with Crippen LogP contribution in [-0.4, -0.2) is 5.91 Å². The number of benzene rings is 2. The Morgan fingerprint density at radius 2 is 1.91 bits per heavy atom. The highest BCUT2D eigenvalue weighted by atomic mass is 35.5. The average Bonchev–Trinajstić information content (AvgIpc) is 2.85. The van der Waals surface area contributed by atoms with Crippen LogP contribution in [0, 0.1) is 6.92 Å². The number of para-hydroxylation sites is 1. The highest BCUT2D eigenvalue weighted by molar-refractivity contribution is 6.35. The molecule has 0 aliphatic heterocycles. The Kier molecular flexibility index (Phi) is 4.53. The molecule has 2 aromatic carbocycles. The molecule has 0 saturated heterocycles. The van der Waals surface area contributed by atoms with Gasteiger partial charge in [0.2, 0.25) is 0 Å². The van der Waals surface area contributed by atoms with Crippen LogP contribution in [0.3, 0.4) is 0 Å². The van der Waals surface area contributed by atoms with Crippen molar-refractivity contribution in [2.75, 3.05) is 0 Å². The first-order chi connectivity index (χ1) is 11.0. The van der Waals surface area contributed by atoms with E-state index in [1.165, 1.54) is 0 Å². The average molecular weight is 369 g/mol. The first kappa shape index (κ1) is 16.2. The molecule has 0 aliphatic rings. The molecule has 0 unspecified atom stereocenters. The monoisotopic (exact) mass is 367 g/mol. The zero-order valence-electron chi connectivity index (χ0n) is 12.1. The van der Waals surface area contributed by atoms with Gasteiger partial charge in [0.15, 0.2) is 11.3 Å². The Balaban J connectivity index is 1.84. The van der Waals surface area contributed by atoms with Gasteiger partial charge >= 0.3 is 0 Å². The number of fused-ring (bicyclic) bond motifs is 1. The molecule has 0 saturated carbocycles. The first-order valence-corrected chi connectivity index (χ1v) is 8.00. The number of carbonyl (C=O) groups is 1. The van der Waals surface area contributed by atoms with Crippen LogP contribution in [0.1, 0.15) is 21.7 Å². The van der Waals surface area contributed by atoms with Crippen molar-refractivity contribution in [2.45, 2.75) is 13.5 Å². The lowest BCUT2D eigenvalue weighted by atomic mass is 10.1. The predicted octanol–water partition coefficient (Wildman–Crippen LogP) is 5.63. The second-order valence-electron chi connectivity index (χ2n) is 5.09. The molecule has 23 heavy (non-hydrogen) atoms. The summed E-state index contributed by atoms with van der Waals surface area (Å²) in [4.78, 5) is 12.4. The molecule has 6 heteroatoms. The molecule has 0 radical (unpaired) electrons. The summed E-state index contributed by atoms with van der Waals surface area (Å²) in [5, 5.41) is 5.15. The van der Waals surface area contributed by atoms with Gasteiger partial charge in [0.1, 0.15) is 0 Å². The highest BCUT2D eigenvalue weighted by Gasteiger charge is 2.19. The predicted molar refractivity (Wildman–Crippen MR) is 93.6 cm³/mol. The number of nitrogens with one attached hydrogen (secondary N) is 1. The molecule has 3 nitrogen and oxygen atoms in total. The van der Waals surface area contributed by atoms with Crippen LogP contribution in [0.4, 0.5) is 0 Å². The molecule has 3 rings (SSSR count). The summed E-state index contributed by atoms with van der Waals surface area (Å²) >= 11 is 18.1. The number of carbonyl (C=O) groups excluding carboxylic acids is 1. The number of hydrogen-bond acceptors (Lipinski definition) is 2. The maximum atomic E-state index is 12.4. The number of aryl methyl sites for hydroxylation is 1. The molecule has 0 fully saturated rings. The molecule has 118 valence electrons. The fourth-order valence-electron chi connectivity index (χ4n) is 2.35. The first-order valence-electron chi connectivity index (χ1n) is 6.87. The molecule has 1 heterocycles. The van der Waals surface area contributed by atoms with Crippen molar-refractivity contribution in [1.82, 2.24) is 5.32 Å². The molecule has 0 spiro atoms. The van der Waals surface area contributed by atoms with E-state index in [4.69, 9.17) is 39.2 Å². The van der Waals surface area contributed by atoms with Crippen LogP contribution in [-0.2, 0) is 6.54 Å². The van der Waals surface area contributed by atoms with Gasteiger partial charge < -0.3 is 9.73 Å². The lowest BCUT2D eigenvalue weighted by Gasteiger charge is -2.06. The minimum Gasteiger partial charge on any atom is -0.449 e. The minimum atomic E-state index is -0.319. The van der Waals surface area contributed by atoms with Crippen LogP contribution in [0.25, 0.3) is 11.0 Å². The third-order valence-electron chi connectivity index (χ3n) is 3.58. The van der Waals surface area contributed by atoms with Crippen molar-refractivity contribution < 1.29 is 9.21 Å². The van der Waals surface area contributed by atoms with Crippen molar-refractivity contribution in [3.8, 4) is 0 Å². The lowest BCUT2D eigenvalue weighted by molar-refractivity contribution is 0.0924. The second-order valence-corrected chi connectivity index (χ2v) is 6.34. The quantitative estimate of drug-likeness (QED) is 0.651. The molecule has 0 aliphatic carbocycles. The molecule has 0 atom stereocenters. The molecule has 3 aromatic rings. The lowest BCUT2D eigenvalue weighted by Crippen LogP contribution is -2.23. The zero-order valence-corrected chi connectivity index (χ0v) is 14.4. The van der Waals surface area contributed by atoms with Gasteiger partial charge in [0.05, 0.1) is 5.02 Å². The molecular formula is C17H12Cl3NO2. The van der Waals surface area contributed by atoms with E-state index >= 15 is 0 Å². The van der Waals surface area contributed by atoms with E-state index in [2.05, 4.69) is 5.32 Å². The third kappa shape index (κ3) is 3.18. The Morgan fingerprint density at radius 3 is 2.61 bits per heavy atom. The normalized spacial score (nSPS) is 11.0. The highest BCUT2D eigenvalue weighted by Crippen LogP contribution is 2.30. The maximum Gasteiger partial charge on any atom is 0.287 e. The Bertz CT molecular complexity index is 902. The van der Waals surface area contributed by atoms with Crippen LogP contribution in [0.15, 0.2) is 40.8 Å². The largest absolute Gasteiger partial charge is 0.449 e. The Morgan fingerprint density at radius 1 is 1.13 bits per heavy atom. The molecule has 0 bridgehead atoms. The molecular weight excluding hydrogens is 357 g/mol. The summed E-state index contributed by atoms with van der Waals surface area (Å²) in [6.07, 6.45) is 0. The van der Waals surface area contributed by atoms with E-state index in [1.807, 2.05) is 19.1 Å². The molecule has 1 N–H and O–H groups in total. The SMILES string of the molecule is Cc1c(C(=O)NCc2ccc(Cl)cc2Cl)oc2c(Cl)cccc12. The van der Waals surface area contributed by atoms with E-state index in [-0.39, 0.29) is 18.2 Å². The standard InChI is InChI=1S/C17H12Cl3NO2/c1-9-12-3-2-4-13(19)16(12)23-15(9)17(22)21-8-10-5-6-11(18)7-14(10)20/h2-7H,8H2,1H3,(H,21,22). The number of halogens is 3. The number of hydrogen-bond donors (Lipinski definition) is 1. The van der Waals surface area contributed by atoms with Gasteiger partial charge in [-0.2, -0.15) is 0 Å². The zero-order chi connectivity index (χ0) is 16.6. The van der Waals surface area contributed by atoms with E-state index in [9.17, 15) is 4.79 Å². The van der Waals surface area contributed by atoms with Crippen LogP contribution in [0.5, 0.6) is 0 Å². The van der Waals surface area contributed by atoms with Crippen molar-refractivity contribution in [3.63, 3.8) is 0 Å². The van der Waals surface area contributed by atoms with E-state index in [1.54, 1.807) is 24.3 Å². The Hall–Kier alpha value is -1.68. The fraction of sp³-hybridized carbons (Fsp3) is 0.118. The summed E-state index contributed by atoms with van der Waals surface area (Å²) < 4.78 is 5.63. The van der Waals surface area contributed by atoms with E-state index < -0.39 is 0 Å². The van der Waals surface area contributed by atoms with Gasteiger partial charge in [-0.3, -0.25) is 4.79 Å². The van der Waals surface area contributed by atoms with Crippen LogP contribution < -0.4 is 5.32 Å². The van der Waals surface area contributed by atoms with Gasteiger partial charge in [-0.1, -0.05) is 53.0 Å².